The molecule has 0 rings (SSSR count). The maximum Gasteiger partial charge on any atom is -0.0319 e. The molecular formula is C11H20. The molecule has 0 aliphatic carbocycles. The van der Waals surface area contributed by atoms with E-state index in [0.29, 0.717) is 0 Å². The Hall–Kier alpha value is -0.520. The highest BCUT2D eigenvalue weighted by molar-refractivity contribution is 5.01. The van der Waals surface area contributed by atoms with E-state index in [9.17, 15) is 0 Å². The van der Waals surface area contributed by atoms with E-state index in [0.717, 1.165) is 11.8 Å². The first-order valence-electron chi connectivity index (χ1n) is 4.46. The van der Waals surface area contributed by atoms with Gasteiger partial charge in [0.05, 0.1) is 0 Å². The molecular weight excluding hydrogens is 132 g/mol. The monoisotopic (exact) mass is 152 g/mol. The first-order valence-corrected chi connectivity index (χ1v) is 4.46. The van der Waals surface area contributed by atoms with Crippen molar-refractivity contribution < 1.29 is 0 Å². The molecule has 64 valence electrons. The molecule has 0 bridgehead atoms. The Kier molecular flexibility index (Phi) is 5.91. The van der Waals surface area contributed by atoms with Crippen LogP contribution in [0.15, 0.2) is 24.3 Å². The SMILES string of the molecule is CC=CC=CCC(C)C(C)C. The van der Waals surface area contributed by atoms with Crippen molar-refractivity contribution in [2.45, 2.75) is 34.1 Å². The quantitative estimate of drug-likeness (QED) is 0.537. The first-order chi connectivity index (χ1) is 5.18. The Bertz CT molecular complexity index is 129. The van der Waals surface area contributed by atoms with Gasteiger partial charge in [-0.2, -0.15) is 0 Å². The molecule has 1 atom stereocenters. The van der Waals surface area contributed by atoms with Gasteiger partial charge in [-0.3, -0.25) is 0 Å². The lowest BCUT2D eigenvalue weighted by Gasteiger charge is -2.11. The topological polar surface area (TPSA) is 0 Å². The number of rotatable bonds is 4. The summed E-state index contributed by atoms with van der Waals surface area (Å²) in [5, 5.41) is 0. The Morgan fingerprint density at radius 2 is 1.73 bits per heavy atom. The van der Waals surface area contributed by atoms with E-state index < -0.39 is 0 Å². The summed E-state index contributed by atoms with van der Waals surface area (Å²) in [4.78, 5) is 0. The third-order valence-electron chi connectivity index (χ3n) is 2.09. The van der Waals surface area contributed by atoms with Crippen LogP contribution in [0.2, 0.25) is 0 Å². The molecule has 0 aromatic carbocycles. The van der Waals surface area contributed by atoms with Gasteiger partial charge in [0.25, 0.3) is 0 Å². The van der Waals surface area contributed by atoms with E-state index in [4.69, 9.17) is 0 Å². The van der Waals surface area contributed by atoms with Gasteiger partial charge in [-0.05, 0) is 25.2 Å². The van der Waals surface area contributed by atoms with Gasteiger partial charge in [0, 0.05) is 0 Å². The second-order valence-electron chi connectivity index (χ2n) is 3.41. The maximum absolute atomic E-state index is 2.30. The third-order valence-corrected chi connectivity index (χ3v) is 2.09. The molecule has 1 unspecified atom stereocenters. The average Bonchev–Trinajstić information content (AvgIpc) is 1.97. The lowest BCUT2D eigenvalue weighted by atomic mass is 9.95. The van der Waals surface area contributed by atoms with Crippen molar-refractivity contribution in [2.24, 2.45) is 11.8 Å². The third kappa shape index (κ3) is 5.90. The van der Waals surface area contributed by atoms with Crippen LogP contribution < -0.4 is 0 Å². The van der Waals surface area contributed by atoms with Crippen LogP contribution in [-0.4, -0.2) is 0 Å². The highest BCUT2D eigenvalue weighted by atomic mass is 14.1. The summed E-state index contributed by atoms with van der Waals surface area (Å²) >= 11 is 0. The summed E-state index contributed by atoms with van der Waals surface area (Å²) < 4.78 is 0. The predicted octanol–water partition coefficient (Wildman–Crippen LogP) is 3.80. The van der Waals surface area contributed by atoms with Crippen LogP contribution >= 0.6 is 0 Å². The highest BCUT2D eigenvalue weighted by Gasteiger charge is 2.02. The van der Waals surface area contributed by atoms with Crippen LogP contribution in [0.4, 0.5) is 0 Å². The minimum atomic E-state index is 0.797. The minimum Gasteiger partial charge on any atom is -0.0877 e. The zero-order valence-electron chi connectivity index (χ0n) is 8.17. The van der Waals surface area contributed by atoms with Gasteiger partial charge in [0.15, 0.2) is 0 Å². The van der Waals surface area contributed by atoms with E-state index in [-0.39, 0.29) is 0 Å². The first kappa shape index (κ1) is 10.5. The van der Waals surface area contributed by atoms with Crippen LogP contribution in [0.3, 0.4) is 0 Å². The molecule has 0 aliphatic rings. The molecule has 0 saturated heterocycles. The van der Waals surface area contributed by atoms with Crippen LogP contribution in [-0.2, 0) is 0 Å². The van der Waals surface area contributed by atoms with E-state index in [2.05, 4.69) is 45.1 Å². The van der Waals surface area contributed by atoms with E-state index >= 15 is 0 Å². The smallest absolute Gasteiger partial charge is 0.0319 e. The molecule has 0 spiro atoms. The van der Waals surface area contributed by atoms with Crippen molar-refractivity contribution in [1.82, 2.24) is 0 Å². The maximum atomic E-state index is 2.30. The molecule has 0 heteroatoms. The molecule has 0 saturated carbocycles. The second-order valence-corrected chi connectivity index (χ2v) is 3.41. The molecule has 0 heterocycles. The zero-order valence-corrected chi connectivity index (χ0v) is 8.17. The van der Waals surface area contributed by atoms with Gasteiger partial charge >= 0.3 is 0 Å². The predicted molar refractivity (Wildman–Crippen MR) is 52.6 cm³/mol. The summed E-state index contributed by atoms with van der Waals surface area (Å²) in [6.45, 7) is 8.88. The van der Waals surface area contributed by atoms with Crippen LogP contribution in [0.1, 0.15) is 34.1 Å². The minimum absolute atomic E-state index is 0.797. The molecule has 0 fully saturated rings. The summed E-state index contributed by atoms with van der Waals surface area (Å²) in [6, 6.07) is 0. The molecule has 0 aliphatic heterocycles. The zero-order chi connectivity index (χ0) is 8.69. The fourth-order valence-electron chi connectivity index (χ4n) is 0.755. The number of hydrogen-bond acceptors (Lipinski definition) is 0. The van der Waals surface area contributed by atoms with E-state index in [1.54, 1.807) is 0 Å². The Morgan fingerprint density at radius 3 is 2.18 bits per heavy atom. The Balaban J connectivity index is 3.52. The van der Waals surface area contributed by atoms with E-state index in [1.165, 1.54) is 6.42 Å². The van der Waals surface area contributed by atoms with Crippen molar-refractivity contribution >= 4 is 0 Å². The fraction of sp³-hybridized carbons (Fsp3) is 0.636. The summed E-state index contributed by atoms with van der Waals surface area (Å²) in [5.41, 5.74) is 0. The van der Waals surface area contributed by atoms with Crippen molar-refractivity contribution in [3.8, 4) is 0 Å². The molecule has 0 aromatic heterocycles. The van der Waals surface area contributed by atoms with Crippen LogP contribution in [0.5, 0.6) is 0 Å². The molecule has 0 nitrogen and oxygen atoms in total. The average molecular weight is 152 g/mol. The van der Waals surface area contributed by atoms with Crippen molar-refractivity contribution in [2.75, 3.05) is 0 Å². The lowest BCUT2D eigenvalue weighted by Crippen LogP contribution is -2.01. The van der Waals surface area contributed by atoms with Gasteiger partial charge in [-0.25, -0.2) is 0 Å². The van der Waals surface area contributed by atoms with Gasteiger partial charge in [0.2, 0.25) is 0 Å². The van der Waals surface area contributed by atoms with Gasteiger partial charge in [-0.15, -0.1) is 0 Å². The van der Waals surface area contributed by atoms with Crippen molar-refractivity contribution in [3.63, 3.8) is 0 Å². The molecule has 0 amide bonds. The summed E-state index contributed by atoms with van der Waals surface area (Å²) in [7, 11) is 0. The molecule has 0 radical (unpaired) electrons. The largest absolute Gasteiger partial charge is 0.0877 e. The van der Waals surface area contributed by atoms with E-state index in [1.807, 2.05) is 6.92 Å². The molecule has 0 aromatic rings. The lowest BCUT2D eigenvalue weighted by molar-refractivity contribution is 0.424. The van der Waals surface area contributed by atoms with Gasteiger partial charge < -0.3 is 0 Å². The molecule has 11 heavy (non-hydrogen) atoms. The Labute approximate surface area is 71.0 Å². The number of hydrogen-bond donors (Lipinski definition) is 0. The standard InChI is InChI=1S/C11H20/c1-5-6-7-8-9-11(4)10(2)3/h5-8,10-11H,9H2,1-4H3. The van der Waals surface area contributed by atoms with Gasteiger partial charge in [-0.1, -0.05) is 45.1 Å². The van der Waals surface area contributed by atoms with Crippen LogP contribution in [0.25, 0.3) is 0 Å². The number of allylic oxidation sites excluding steroid dienone is 4. The van der Waals surface area contributed by atoms with Gasteiger partial charge in [0.1, 0.15) is 0 Å². The van der Waals surface area contributed by atoms with Crippen molar-refractivity contribution in [3.05, 3.63) is 24.3 Å². The molecule has 0 N–H and O–H groups in total. The summed E-state index contributed by atoms with van der Waals surface area (Å²) in [5.74, 6) is 1.60. The fourth-order valence-corrected chi connectivity index (χ4v) is 0.755. The van der Waals surface area contributed by atoms with Crippen molar-refractivity contribution in [1.29, 1.82) is 0 Å². The summed E-state index contributed by atoms with van der Waals surface area (Å²) in [6.07, 6.45) is 9.69. The second kappa shape index (κ2) is 6.21. The van der Waals surface area contributed by atoms with Crippen LogP contribution in [0, 0.1) is 11.8 Å². The Morgan fingerprint density at radius 1 is 1.09 bits per heavy atom. The normalized spacial score (nSPS) is 15.4. The highest BCUT2D eigenvalue weighted by Crippen LogP contribution is 2.13.